The number of nitrogens with one attached hydrogen (secondary N) is 1. The van der Waals surface area contributed by atoms with Gasteiger partial charge in [-0.15, -0.1) is 11.3 Å². The molecular weight excluding hydrogens is 252 g/mol. The monoisotopic (exact) mass is 272 g/mol. The summed E-state index contributed by atoms with van der Waals surface area (Å²) in [6.07, 6.45) is 2.68. The summed E-state index contributed by atoms with van der Waals surface area (Å²) >= 11 is 1.70. The Bertz CT molecular complexity index is 584. The van der Waals surface area contributed by atoms with Crippen LogP contribution in [0.25, 0.3) is 11.3 Å². The maximum Gasteiger partial charge on any atom is 0.0901 e. The third-order valence-electron chi connectivity index (χ3n) is 4.24. The highest BCUT2D eigenvalue weighted by atomic mass is 32.1. The van der Waals surface area contributed by atoms with Crippen molar-refractivity contribution in [2.45, 2.75) is 39.7 Å². The number of hydrogen-bond donors (Lipinski definition) is 1. The Balaban J connectivity index is 1.80. The van der Waals surface area contributed by atoms with Crippen LogP contribution in [0, 0.1) is 12.3 Å². The van der Waals surface area contributed by atoms with E-state index < -0.39 is 0 Å². The maximum absolute atomic E-state index is 4.55. The lowest BCUT2D eigenvalue weighted by Crippen LogP contribution is -2.24. The second kappa shape index (κ2) is 4.64. The number of thiazole rings is 1. The van der Waals surface area contributed by atoms with E-state index in [-0.39, 0.29) is 0 Å². The molecule has 1 unspecified atom stereocenters. The number of anilines is 1. The highest BCUT2D eigenvalue weighted by Crippen LogP contribution is 2.48. The van der Waals surface area contributed by atoms with E-state index in [1.54, 1.807) is 11.3 Å². The zero-order valence-corrected chi connectivity index (χ0v) is 12.6. The highest BCUT2D eigenvalue weighted by molar-refractivity contribution is 7.09. The molecule has 0 saturated heterocycles. The van der Waals surface area contributed by atoms with Gasteiger partial charge < -0.3 is 5.32 Å². The van der Waals surface area contributed by atoms with Crippen LogP contribution in [0.2, 0.25) is 0 Å². The van der Waals surface area contributed by atoms with Crippen LogP contribution in [0.15, 0.2) is 29.6 Å². The topological polar surface area (TPSA) is 24.9 Å². The minimum Gasteiger partial charge on any atom is -0.382 e. The molecule has 2 nitrogen and oxygen atoms in total. The Morgan fingerprint density at radius 1 is 1.37 bits per heavy atom. The van der Waals surface area contributed by atoms with Crippen LogP contribution < -0.4 is 5.32 Å². The third kappa shape index (κ3) is 2.66. The minimum absolute atomic E-state index is 0.493. The summed E-state index contributed by atoms with van der Waals surface area (Å²) in [7, 11) is 0. The molecular formula is C16H20N2S. The Morgan fingerprint density at radius 3 is 2.79 bits per heavy atom. The van der Waals surface area contributed by atoms with Crippen molar-refractivity contribution in [1.82, 2.24) is 4.98 Å². The lowest BCUT2D eigenvalue weighted by Gasteiger charge is -2.21. The number of benzene rings is 1. The van der Waals surface area contributed by atoms with Gasteiger partial charge in [-0.1, -0.05) is 19.1 Å². The van der Waals surface area contributed by atoms with Gasteiger partial charge in [0.25, 0.3) is 0 Å². The molecule has 1 aromatic heterocycles. The van der Waals surface area contributed by atoms with E-state index in [0.717, 1.165) is 10.7 Å². The standard InChI is InChI=1S/C16H20N2S/c1-11(16(3)7-8-16)17-14-6-4-5-13(9-14)15-10-19-12(2)18-15/h4-6,9-11,17H,7-8H2,1-3H3. The van der Waals surface area contributed by atoms with Crippen LogP contribution in [0.3, 0.4) is 0 Å². The molecule has 1 atom stereocenters. The Labute approximate surface area is 118 Å². The molecule has 0 aliphatic heterocycles. The number of nitrogens with zero attached hydrogens (tertiary/aromatic N) is 1. The molecule has 0 spiro atoms. The quantitative estimate of drug-likeness (QED) is 0.871. The molecule has 100 valence electrons. The summed E-state index contributed by atoms with van der Waals surface area (Å²) < 4.78 is 0. The highest BCUT2D eigenvalue weighted by Gasteiger charge is 2.42. The summed E-state index contributed by atoms with van der Waals surface area (Å²) in [5.74, 6) is 0. The van der Waals surface area contributed by atoms with Crippen molar-refractivity contribution in [2.24, 2.45) is 5.41 Å². The summed E-state index contributed by atoms with van der Waals surface area (Å²) in [5.41, 5.74) is 3.97. The van der Waals surface area contributed by atoms with E-state index in [4.69, 9.17) is 0 Å². The fourth-order valence-corrected chi connectivity index (χ4v) is 2.94. The second-order valence-electron chi connectivity index (χ2n) is 5.85. The molecule has 0 amide bonds. The van der Waals surface area contributed by atoms with Crippen LogP contribution >= 0.6 is 11.3 Å². The lowest BCUT2D eigenvalue weighted by molar-refractivity contribution is 0.493. The van der Waals surface area contributed by atoms with Crippen molar-refractivity contribution in [2.75, 3.05) is 5.32 Å². The first-order valence-electron chi connectivity index (χ1n) is 6.86. The predicted octanol–water partition coefficient (Wildman–Crippen LogP) is 4.72. The smallest absolute Gasteiger partial charge is 0.0901 e. The Kier molecular flexibility index (Phi) is 3.09. The molecule has 19 heavy (non-hydrogen) atoms. The molecule has 1 heterocycles. The number of aromatic nitrogens is 1. The number of hydrogen-bond acceptors (Lipinski definition) is 3. The van der Waals surface area contributed by atoms with Crippen molar-refractivity contribution in [3.05, 3.63) is 34.7 Å². The SMILES string of the molecule is Cc1nc(-c2cccc(NC(C)C3(C)CC3)c2)cs1. The largest absolute Gasteiger partial charge is 0.382 e. The summed E-state index contributed by atoms with van der Waals surface area (Å²) in [6.45, 7) is 6.69. The molecule has 0 bridgehead atoms. The normalized spacial score (nSPS) is 18.1. The number of rotatable bonds is 4. The summed E-state index contributed by atoms with van der Waals surface area (Å²) in [4.78, 5) is 4.55. The van der Waals surface area contributed by atoms with Gasteiger partial charge in [0, 0.05) is 22.7 Å². The fourth-order valence-electron chi connectivity index (χ4n) is 2.32. The van der Waals surface area contributed by atoms with E-state index in [1.807, 2.05) is 6.92 Å². The molecule has 0 radical (unpaired) electrons. The van der Waals surface area contributed by atoms with Gasteiger partial charge in [-0.3, -0.25) is 0 Å². The van der Waals surface area contributed by atoms with Gasteiger partial charge in [0.15, 0.2) is 0 Å². The molecule has 1 aromatic carbocycles. The molecule has 3 heteroatoms. The Hall–Kier alpha value is -1.35. The zero-order chi connectivity index (χ0) is 13.5. The lowest BCUT2D eigenvalue weighted by atomic mass is 10.0. The second-order valence-corrected chi connectivity index (χ2v) is 6.91. The van der Waals surface area contributed by atoms with Gasteiger partial charge in [0.2, 0.25) is 0 Å². The Morgan fingerprint density at radius 2 is 2.16 bits per heavy atom. The van der Waals surface area contributed by atoms with Gasteiger partial charge in [-0.2, -0.15) is 0 Å². The van der Waals surface area contributed by atoms with Crippen LogP contribution in [0.5, 0.6) is 0 Å². The predicted molar refractivity (Wildman–Crippen MR) is 82.7 cm³/mol. The number of aryl methyl sites for hydroxylation is 1. The van der Waals surface area contributed by atoms with E-state index >= 15 is 0 Å². The van der Waals surface area contributed by atoms with Crippen LogP contribution in [-0.2, 0) is 0 Å². The average Bonchev–Trinajstić information content (AvgIpc) is 2.99. The fraction of sp³-hybridized carbons (Fsp3) is 0.438. The molecule has 1 fully saturated rings. The zero-order valence-electron chi connectivity index (χ0n) is 11.7. The van der Waals surface area contributed by atoms with Gasteiger partial charge in [0.05, 0.1) is 10.7 Å². The van der Waals surface area contributed by atoms with Crippen molar-refractivity contribution < 1.29 is 0 Å². The minimum atomic E-state index is 0.493. The van der Waals surface area contributed by atoms with Crippen LogP contribution in [0.4, 0.5) is 5.69 Å². The molecule has 1 saturated carbocycles. The van der Waals surface area contributed by atoms with E-state index in [0.29, 0.717) is 11.5 Å². The van der Waals surface area contributed by atoms with Gasteiger partial charge in [0.1, 0.15) is 0 Å². The van der Waals surface area contributed by atoms with Crippen LogP contribution in [0.1, 0.15) is 31.7 Å². The van der Waals surface area contributed by atoms with E-state index in [1.165, 1.54) is 24.1 Å². The molecule has 1 N–H and O–H groups in total. The maximum atomic E-state index is 4.55. The van der Waals surface area contributed by atoms with Crippen molar-refractivity contribution in [1.29, 1.82) is 0 Å². The van der Waals surface area contributed by atoms with Crippen molar-refractivity contribution >= 4 is 17.0 Å². The average molecular weight is 272 g/mol. The van der Waals surface area contributed by atoms with Gasteiger partial charge in [-0.25, -0.2) is 4.98 Å². The first kappa shape index (κ1) is 12.7. The van der Waals surface area contributed by atoms with Gasteiger partial charge >= 0.3 is 0 Å². The van der Waals surface area contributed by atoms with E-state index in [2.05, 4.69) is 53.8 Å². The van der Waals surface area contributed by atoms with Crippen molar-refractivity contribution in [3.8, 4) is 11.3 Å². The van der Waals surface area contributed by atoms with Crippen LogP contribution in [-0.4, -0.2) is 11.0 Å². The third-order valence-corrected chi connectivity index (χ3v) is 5.02. The molecule has 1 aliphatic rings. The van der Waals surface area contributed by atoms with E-state index in [9.17, 15) is 0 Å². The first-order chi connectivity index (χ1) is 9.07. The van der Waals surface area contributed by atoms with Crippen molar-refractivity contribution in [3.63, 3.8) is 0 Å². The molecule has 3 rings (SSSR count). The first-order valence-corrected chi connectivity index (χ1v) is 7.74. The van der Waals surface area contributed by atoms with Gasteiger partial charge in [-0.05, 0) is 44.2 Å². The molecule has 2 aromatic rings. The summed E-state index contributed by atoms with van der Waals surface area (Å²) in [5, 5.41) is 6.88. The molecule has 1 aliphatic carbocycles. The summed E-state index contributed by atoms with van der Waals surface area (Å²) in [6, 6.07) is 9.11.